The van der Waals surface area contributed by atoms with Crippen molar-refractivity contribution < 1.29 is 29.3 Å². The minimum atomic E-state index is -0.999. The van der Waals surface area contributed by atoms with Crippen LogP contribution in [-0.2, 0) is 22.4 Å². The summed E-state index contributed by atoms with van der Waals surface area (Å²) in [5.74, 6) is -1.31. The molecule has 0 spiro atoms. The average Bonchev–Trinajstić information content (AvgIpc) is 2.29. The van der Waals surface area contributed by atoms with Crippen LogP contribution in [0.2, 0.25) is 0 Å². The molecule has 0 saturated heterocycles. The fraction of sp³-hybridized carbons (Fsp3) is 0.333. The van der Waals surface area contributed by atoms with Crippen LogP contribution in [0.15, 0.2) is 12.1 Å². The van der Waals surface area contributed by atoms with Crippen LogP contribution in [0, 0.1) is 0 Å². The van der Waals surface area contributed by atoms with Crippen molar-refractivity contribution in [3.05, 3.63) is 23.3 Å². The second-order valence-electron chi connectivity index (χ2n) is 3.62. The van der Waals surface area contributed by atoms with Gasteiger partial charge in [-0.05, 0) is 12.1 Å². The zero-order valence-electron chi connectivity index (χ0n) is 10.1. The zero-order chi connectivity index (χ0) is 13.7. The lowest BCUT2D eigenvalue weighted by atomic mass is 10.0. The molecule has 1 aromatic carbocycles. The number of methoxy groups -OCH3 is 2. The third-order valence-corrected chi connectivity index (χ3v) is 2.37. The predicted molar refractivity (Wildman–Crippen MR) is 62.2 cm³/mol. The first-order valence-corrected chi connectivity index (χ1v) is 5.15. The van der Waals surface area contributed by atoms with Crippen LogP contribution in [0.25, 0.3) is 0 Å². The SMILES string of the molecule is COc1cc(CC(=O)O)c(OC)cc1CC(=O)O. The summed E-state index contributed by atoms with van der Waals surface area (Å²) in [4.78, 5) is 21.4. The molecule has 0 atom stereocenters. The van der Waals surface area contributed by atoms with Gasteiger partial charge in [-0.15, -0.1) is 0 Å². The maximum atomic E-state index is 10.7. The van der Waals surface area contributed by atoms with E-state index in [0.29, 0.717) is 22.6 Å². The molecule has 6 nitrogen and oxygen atoms in total. The molecular weight excluding hydrogens is 240 g/mol. The summed E-state index contributed by atoms with van der Waals surface area (Å²) < 4.78 is 10.1. The van der Waals surface area contributed by atoms with Crippen molar-refractivity contribution in [2.24, 2.45) is 0 Å². The number of benzene rings is 1. The van der Waals surface area contributed by atoms with Crippen molar-refractivity contribution in [1.29, 1.82) is 0 Å². The highest BCUT2D eigenvalue weighted by Crippen LogP contribution is 2.29. The minimum Gasteiger partial charge on any atom is -0.496 e. The highest BCUT2D eigenvalue weighted by Gasteiger charge is 2.15. The Bertz CT molecular complexity index is 422. The van der Waals surface area contributed by atoms with E-state index >= 15 is 0 Å². The van der Waals surface area contributed by atoms with Gasteiger partial charge < -0.3 is 19.7 Å². The maximum Gasteiger partial charge on any atom is 0.307 e. The predicted octanol–water partition coefficient (Wildman–Crippen LogP) is 0.958. The maximum absolute atomic E-state index is 10.7. The van der Waals surface area contributed by atoms with Crippen LogP contribution >= 0.6 is 0 Å². The van der Waals surface area contributed by atoms with Gasteiger partial charge in [-0.3, -0.25) is 9.59 Å². The summed E-state index contributed by atoms with van der Waals surface area (Å²) in [5.41, 5.74) is 0.881. The molecule has 6 heteroatoms. The largest absolute Gasteiger partial charge is 0.496 e. The number of ether oxygens (including phenoxy) is 2. The van der Waals surface area contributed by atoms with Crippen molar-refractivity contribution in [2.75, 3.05) is 14.2 Å². The van der Waals surface area contributed by atoms with Gasteiger partial charge in [0.05, 0.1) is 27.1 Å². The number of aliphatic carboxylic acids is 2. The molecule has 1 aromatic rings. The van der Waals surface area contributed by atoms with E-state index < -0.39 is 11.9 Å². The summed E-state index contributed by atoms with van der Waals surface area (Å²) in [6, 6.07) is 2.98. The van der Waals surface area contributed by atoms with E-state index in [4.69, 9.17) is 19.7 Å². The summed E-state index contributed by atoms with van der Waals surface area (Å²) in [6.07, 6.45) is -0.431. The van der Waals surface area contributed by atoms with E-state index in [2.05, 4.69) is 0 Å². The van der Waals surface area contributed by atoms with E-state index in [1.807, 2.05) is 0 Å². The van der Waals surface area contributed by atoms with Gasteiger partial charge in [0.25, 0.3) is 0 Å². The number of carboxylic acids is 2. The molecule has 0 aliphatic carbocycles. The fourth-order valence-electron chi connectivity index (χ4n) is 1.63. The van der Waals surface area contributed by atoms with E-state index in [1.54, 1.807) is 0 Å². The Balaban J connectivity index is 3.22. The van der Waals surface area contributed by atoms with Gasteiger partial charge in [-0.1, -0.05) is 0 Å². The van der Waals surface area contributed by atoms with Crippen molar-refractivity contribution in [3.8, 4) is 11.5 Å². The first-order chi connectivity index (χ1) is 8.47. The summed E-state index contributed by atoms with van der Waals surface area (Å²) in [7, 11) is 2.80. The standard InChI is InChI=1S/C12H14O6/c1-17-9-3-8(6-12(15)16)10(18-2)4-7(9)5-11(13)14/h3-4H,5-6H2,1-2H3,(H,13,14)(H,15,16). The Hall–Kier alpha value is -2.24. The Labute approximate surface area is 104 Å². The van der Waals surface area contributed by atoms with Gasteiger partial charge in [0, 0.05) is 11.1 Å². The van der Waals surface area contributed by atoms with Gasteiger partial charge in [-0.25, -0.2) is 0 Å². The Morgan fingerprint density at radius 1 is 0.944 bits per heavy atom. The van der Waals surface area contributed by atoms with E-state index in [1.165, 1.54) is 26.4 Å². The Kier molecular flexibility index (Phi) is 4.53. The van der Waals surface area contributed by atoms with Crippen molar-refractivity contribution in [1.82, 2.24) is 0 Å². The van der Waals surface area contributed by atoms with E-state index in [-0.39, 0.29) is 12.8 Å². The molecule has 0 fully saturated rings. The molecule has 2 N–H and O–H groups in total. The highest BCUT2D eigenvalue weighted by atomic mass is 16.5. The Morgan fingerprint density at radius 3 is 1.50 bits per heavy atom. The van der Waals surface area contributed by atoms with Crippen LogP contribution in [0.1, 0.15) is 11.1 Å². The molecule has 0 radical (unpaired) electrons. The summed E-state index contributed by atoms with van der Waals surface area (Å²) in [5, 5.41) is 17.5. The quantitative estimate of drug-likeness (QED) is 0.785. The molecule has 0 amide bonds. The van der Waals surface area contributed by atoms with Crippen LogP contribution in [-0.4, -0.2) is 36.4 Å². The molecular formula is C12H14O6. The zero-order valence-corrected chi connectivity index (χ0v) is 10.1. The fourth-order valence-corrected chi connectivity index (χ4v) is 1.63. The van der Waals surface area contributed by atoms with Crippen molar-refractivity contribution in [2.45, 2.75) is 12.8 Å². The first-order valence-electron chi connectivity index (χ1n) is 5.15. The lowest BCUT2D eigenvalue weighted by Crippen LogP contribution is -2.07. The lowest BCUT2D eigenvalue weighted by molar-refractivity contribution is -0.137. The van der Waals surface area contributed by atoms with Crippen LogP contribution in [0.3, 0.4) is 0 Å². The number of carboxylic acid groups (broad SMARTS) is 2. The molecule has 98 valence electrons. The first kappa shape index (κ1) is 13.8. The van der Waals surface area contributed by atoms with Crippen molar-refractivity contribution in [3.63, 3.8) is 0 Å². The topological polar surface area (TPSA) is 93.1 Å². The van der Waals surface area contributed by atoms with E-state index in [0.717, 1.165) is 0 Å². The van der Waals surface area contributed by atoms with Gasteiger partial charge in [0.1, 0.15) is 11.5 Å². The molecule has 0 aliphatic rings. The molecule has 0 heterocycles. The highest BCUT2D eigenvalue weighted by molar-refractivity contribution is 5.74. The monoisotopic (exact) mass is 254 g/mol. The number of hydrogen-bond donors (Lipinski definition) is 2. The van der Waals surface area contributed by atoms with Crippen LogP contribution in [0.4, 0.5) is 0 Å². The van der Waals surface area contributed by atoms with Crippen LogP contribution in [0.5, 0.6) is 11.5 Å². The molecule has 1 rings (SSSR count). The van der Waals surface area contributed by atoms with E-state index in [9.17, 15) is 9.59 Å². The normalized spacial score (nSPS) is 9.89. The number of rotatable bonds is 6. The molecule has 0 saturated carbocycles. The van der Waals surface area contributed by atoms with Crippen LogP contribution < -0.4 is 9.47 Å². The summed E-state index contributed by atoms with van der Waals surface area (Å²) >= 11 is 0. The molecule has 0 unspecified atom stereocenters. The molecule has 0 aromatic heterocycles. The minimum absolute atomic E-state index is 0.215. The second kappa shape index (κ2) is 5.90. The summed E-state index contributed by atoms with van der Waals surface area (Å²) in [6.45, 7) is 0. The van der Waals surface area contributed by atoms with Gasteiger partial charge in [-0.2, -0.15) is 0 Å². The molecule has 18 heavy (non-hydrogen) atoms. The lowest BCUT2D eigenvalue weighted by Gasteiger charge is -2.13. The smallest absolute Gasteiger partial charge is 0.307 e. The second-order valence-corrected chi connectivity index (χ2v) is 3.62. The average molecular weight is 254 g/mol. The van der Waals surface area contributed by atoms with Crippen molar-refractivity contribution >= 4 is 11.9 Å². The number of carbonyl (C=O) groups is 2. The molecule has 0 aliphatic heterocycles. The van der Waals surface area contributed by atoms with Gasteiger partial charge >= 0.3 is 11.9 Å². The third kappa shape index (κ3) is 3.38. The number of hydrogen-bond acceptors (Lipinski definition) is 4. The Morgan fingerprint density at radius 2 is 1.28 bits per heavy atom. The van der Waals surface area contributed by atoms with Gasteiger partial charge in [0.2, 0.25) is 0 Å². The van der Waals surface area contributed by atoms with Gasteiger partial charge in [0.15, 0.2) is 0 Å². The third-order valence-electron chi connectivity index (χ3n) is 2.37. The molecule has 0 bridgehead atoms.